The Bertz CT molecular complexity index is 805. The van der Waals surface area contributed by atoms with Gasteiger partial charge in [0, 0.05) is 0 Å². The number of aliphatic hydroxyl groups excluding tert-OH is 1. The monoisotopic (exact) mass is 316 g/mol. The second-order valence-corrected chi connectivity index (χ2v) is 7.40. The van der Waals surface area contributed by atoms with Crippen LogP contribution in [-0.2, 0) is 4.79 Å². The number of hydrogen-bond donors (Lipinski definition) is 1. The predicted octanol–water partition coefficient (Wildman–Crippen LogP) is 3.94. The molecule has 0 amide bonds. The molecule has 3 aliphatic rings. The number of allylic oxidation sites excluding steroid dienone is 2. The second-order valence-electron chi connectivity index (χ2n) is 7.40. The van der Waals surface area contributed by atoms with E-state index in [1.807, 2.05) is 36.4 Å². The number of fused-ring (bicyclic) bond motifs is 5. The predicted molar refractivity (Wildman–Crippen MR) is 93.6 cm³/mol. The molecule has 0 radical (unpaired) electrons. The van der Waals surface area contributed by atoms with Crippen molar-refractivity contribution in [2.75, 3.05) is 0 Å². The minimum atomic E-state index is -0.867. The molecule has 2 heteroatoms. The van der Waals surface area contributed by atoms with Gasteiger partial charge in [-0.2, -0.15) is 0 Å². The summed E-state index contributed by atoms with van der Waals surface area (Å²) in [6, 6.07) is 16.2. The molecule has 0 aromatic heterocycles. The van der Waals surface area contributed by atoms with Crippen molar-refractivity contribution in [1.82, 2.24) is 0 Å². The molecule has 5 rings (SSSR count). The zero-order valence-electron chi connectivity index (χ0n) is 13.4. The highest BCUT2D eigenvalue weighted by molar-refractivity contribution is 5.99. The number of hydrogen-bond acceptors (Lipinski definition) is 2. The van der Waals surface area contributed by atoms with Gasteiger partial charge in [0.05, 0.1) is 5.92 Å². The molecule has 2 aromatic rings. The van der Waals surface area contributed by atoms with Crippen LogP contribution >= 0.6 is 0 Å². The Morgan fingerprint density at radius 3 is 2.08 bits per heavy atom. The number of rotatable bonds is 3. The van der Waals surface area contributed by atoms with E-state index in [0.717, 1.165) is 35.1 Å². The number of Topliss-reactive ketones (excluding diaryl/α,β-unsaturated/α-hetero) is 1. The Morgan fingerprint density at radius 1 is 0.917 bits per heavy atom. The summed E-state index contributed by atoms with van der Waals surface area (Å²) < 4.78 is 0. The van der Waals surface area contributed by atoms with Gasteiger partial charge in [-0.1, -0.05) is 60.7 Å². The van der Waals surface area contributed by atoms with Crippen molar-refractivity contribution in [1.29, 1.82) is 0 Å². The summed E-state index contributed by atoms with van der Waals surface area (Å²) in [6.07, 6.45) is 5.63. The Labute approximate surface area is 141 Å². The Hall–Kier alpha value is -2.19. The van der Waals surface area contributed by atoms with Crippen LogP contribution in [-0.4, -0.2) is 17.0 Å². The van der Waals surface area contributed by atoms with Gasteiger partial charge < -0.3 is 5.11 Å². The average molecular weight is 316 g/mol. The van der Waals surface area contributed by atoms with Crippen LogP contribution in [0, 0.1) is 17.8 Å². The lowest BCUT2D eigenvalue weighted by atomic mass is 9.80. The highest BCUT2D eigenvalue weighted by Crippen LogP contribution is 2.49. The SMILES string of the molecule is O=C(C1c2ccccc2-c2ccccc21)C(O)C1CC2C=CC1C2. The summed E-state index contributed by atoms with van der Waals surface area (Å²) in [4.78, 5) is 13.3. The van der Waals surface area contributed by atoms with Crippen LogP contribution in [0.5, 0.6) is 0 Å². The lowest BCUT2D eigenvalue weighted by Crippen LogP contribution is -2.35. The minimum absolute atomic E-state index is 0.0293. The fourth-order valence-corrected chi connectivity index (χ4v) is 5.03. The van der Waals surface area contributed by atoms with Crippen molar-refractivity contribution >= 4 is 5.78 Å². The van der Waals surface area contributed by atoms with Gasteiger partial charge in [0.25, 0.3) is 0 Å². The summed E-state index contributed by atoms with van der Waals surface area (Å²) in [7, 11) is 0. The summed E-state index contributed by atoms with van der Waals surface area (Å²) in [5.74, 6) is 0.674. The topological polar surface area (TPSA) is 37.3 Å². The molecule has 0 heterocycles. The Balaban J connectivity index is 1.54. The lowest BCUT2D eigenvalue weighted by Gasteiger charge is -2.26. The average Bonchev–Trinajstić information content (AvgIpc) is 3.33. The van der Waals surface area contributed by atoms with Crippen LogP contribution in [0.4, 0.5) is 0 Å². The van der Waals surface area contributed by atoms with E-state index < -0.39 is 6.10 Å². The minimum Gasteiger partial charge on any atom is -0.385 e. The van der Waals surface area contributed by atoms with Crippen molar-refractivity contribution in [2.24, 2.45) is 17.8 Å². The molecule has 120 valence electrons. The number of aliphatic hydroxyl groups is 1. The normalized spacial score (nSPS) is 28.0. The van der Waals surface area contributed by atoms with Crippen molar-refractivity contribution in [2.45, 2.75) is 24.9 Å². The Morgan fingerprint density at radius 2 is 1.54 bits per heavy atom. The fraction of sp³-hybridized carbons (Fsp3) is 0.318. The molecule has 1 fully saturated rings. The molecular formula is C22H20O2. The molecule has 2 bridgehead atoms. The molecule has 2 nitrogen and oxygen atoms in total. The van der Waals surface area contributed by atoms with Crippen molar-refractivity contribution < 1.29 is 9.90 Å². The van der Waals surface area contributed by atoms with E-state index in [1.165, 1.54) is 0 Å². The first kappa shape index (κ1) is 14.2. The molecule has 24 heavy (non-hydrogen) atoms. The van der Waals surface area contributed by atoms with Crippen molar-refractivity contribution in [3.63, 3.8) is 0 Å². The highest BCUT2D eigenvalue weighted by Gasteiger charge is 2.45. The van der Waals surface area contributed by atoms with Crippen LogP contribution in [0.15, 0.2) is 60.7 Å². The van der Waals surface area contributed by atoms with E-state index in [9.17, 15) is 9.90 Å². The molecule has 0 saturated heterocycles. The lowest BCUT2D eigenvalue weighted by molar-refractivity contribution is -0.130. The zero-order chi connectivity index (χ0) is 16.3. The van der Waals surface area contributed by atoms with E-state index in [1.54, 1.807) is 0 Å². The quantitative estimate of drug-likeness (QED) is 0.871. The number of ketones is 1. The molecule has 4 unspecified atom stereocenters. The van der Waals surface area contributed by atoms with E-state index in [0.29, 0.717) is 11.8 Å². The maximum Gasteiger partial charge on any atom is 0.173 e. The fourth-order valence-electron chi connectivity index (χ4n) is 5.03. The largest absolute Gasteiger partial charge is 0.385 e. The second kappa shape index (κ2) is 5.15. The molecule has 0 aliphatic heterocycles. The maximum absolute atomic E-state index is 13.3. The van der Waals surface area contributed by atoms with E-state index in [-0.39, 0.29) is 17.6 Å². The summed E-state index contributed by atoms with van der Waals surface area (Å²) in [6.45, 7) is 0. The van der Waals surface area contributed by atoms with Gasteiger partial charge in [-0.3, -0.25) is 4.79 Å². The van der Waals surface area contributed by atoms with Crippen LogP contribution in [0.2, 0.25) is 0 Å². The molecule has 1 N–H and O–H groups in total. The molecule has 0 spiro atoms. The molecule has 3 aliphatic carbocycles. The van der Waals surface area contributed by atoms with Gasteiger partial charge in [0.2, 0.25) is 0 Å². The van der Waals surface area contributed by atoms with Crippen LogP contribution in [0.1, 0.15) is 29.9 Å². The molecular weight excluding hydrogens is 296 g/mol. The van der Waals surface area contributed by atoms with Crippen LogP contribution in [0.3, 0.4) is 0 Å². The van der Waals surface area contributed by atoms with Gasteiger partial charge >= 0.3 is 0 Å². The number of benzene rings is 2. The summed E-state index contributed by atoms with van der Waals surface area (Å²) >= 11 is 0. The van der Waals surface area contributed by atoms with Gasteiger partial charge in [-0.05, 0) is 52.8 Å². The molecule has 1 saturated carbocycles. The Kier molecular flexibility index (Phi) is 3.04. The third kappa shape index (κ3) is 1.90. The van der Waals surface area contributed by atoms with E-state index in [4.69, 9.17) is 0 Å². The number of carbonyl (C=O) groups is 1. The summed E-state index contributed by atoms with van der Waals surface area (Å²) in [5, 5.41) is 10.9. The van der Waals surface area contributed by atoms with E-state index in [2.05, 4.69) is 24.3 Å². The zero-order valence-corrected chi connectivity index (χ0v) is 13.4. The third-order valence-electron chi connectivity index (χ3n) is 6.15. The molecule has 2 aromatic carbocycles. The highest BCUT2D eigenvalue weighted by atomic mass is 16.3. The van der Waals surface area contributed by atoms with Gasteiger partial charge in [0.1, 0.15) is 6.10 Å². The number of carbonyl (C=O) groups excluding carboxylic acids is 1. The van der Waals surface area contributed by atoms with Crippen molar-refractivity contribution in [3.8, 4) is 11.1 Å². The van der Waals surface area contributed by atoms with Crippen LogP contribution < -0.4 is 0 Å². The van der Waals surface area contributed by atoms with Gasteiger partial charge in [-0.25, -0.2) is 0 Å². The smallest absolute Gasteiger partial charge is 0.173 e. The first-order valence-electron chi connectivity index (χ1n) is 8.82. The van der Waals surface area contributed by atoms with Gasteiger partial charge in [-0.15, -0.1) is 0 Å². The maximum atomic E-state index is 13.3. The standard InChI is InChI=1S/C22H20O2/c23-21(19-12-13-9-10-14(19)11-13)22(24)20-17-7-3-1-5-15(17)16-6-2-4-8-18(16)20/h1-10,13-14,19-21,23H,11-12H2. The van der Waals surface area contributed by atoms with E-state index >= 15 is 0 Å². The van der Waals surface area contributed by atoms with Crippen LogP contribution in [0.25, 0.3) is 11.1 Å². The first-order chi connectivity index (χ1) is 11.7. The van der Waals surface area contributed by atoms with Gasteiger partial charge in [0.15, 0.2) is 5.78 Å². The summed E-state index contributed by atoms with van der Waals surface area (Å²) in [5.41, 5.74) is 4.35. The van der Waals surface area contributed by atoms with Crippen molar-refractivity contribution in [3.05, 3.63) is 71.8 Å². The molecule has 4 atom stereocenters. The third-order valence-corrected chi connectivity index (χ3v) is 6.15. The first-order valence-corrected chi connectivity index (χ1v) is 8.82.